The van der Waals surface area contributed by atoms with Gasteiger partial charge in [-0.1, -0.05) is 13.3 Å². The van der Waals surface area contributed by atoms with Crippen LogP contribution in [0.3, 0.4) is 0 Å². The van der Waals surface area contributed by atoms with E-state index in [4.69, 9.17) is 5.26 Å². The number of nitriles is 1. The van der Waals surface area contributed by atoms with Crippen LogP contribution in [0.25, 0.3) is 0 Å². The lowest BCUT2D eigenvalue weighted by atomic mass is 10.2. The third-order valence-corrected chi connectivity index (χ3v) is 4.50. The maximum atomic E-state index is 12.3. The fourth-order valence-electron chi connectivity index (χ4n) is 2.02. The Kier molecular flexibility index (Phi) is 4.29. The van der Waals surface area contributed by atoms with Crippen molar-refractivity contribution in [2.75, 3.05) is 4.72 Å². The summed E-state index contributed by atoms with van der Waals surface area (Å²) in [5.41, 5.74) is 1.83. The van der Waals surface area contributed by atoms with Crippen LogP contribution in [0.4, 0.5) is 5.82 Å². The highest BCUT2D eigenvalue weighted by Crippen LogP contribution is 2.20. The van der Waals surface area contributed by atoms with Crippen molar-refractivity contribution in [1.82, 2.24) is 10.2 Å². The van der Waals surface area contributed by atoms with Crippen molar-refractivity contribution in [2.45, 2.75) is 31.6 Å². The molecule has 0 saturated carbocycles. The summed E-state index contributed by atoms with van der Waals surface area (Å²) in [5.74, 6) is 0.266. The lowest BCUT2D eigenvalue weighted by Crippen LogP contribution is -2.14. The molecule has 0 atom stereocenters. The van der Waals surface area contributed by atoms with Crippen LogP contribution in [0.15, 0.2) is 29.2 Å². The average Bonchev–Trinajstić information content (AvgIpc) is 2.85. The maximum Gasteiger partial charge on any atom is 0.263 e. The fraction of sp³-hybridized carbons (Fsp3) is 0.286. The molecule has 0 saturated heterocycles. The molecule has 7 heteroatoms. The highest BCUT2D eigenvalue weighted by atomic mass is 32.2. The van der Waals surface area contributed by atoms with Gasteiger partial charge >= 0.3 is 0 Å². The Balaban J connectivity index is 2.27. The molecule has 0 fully saturated rings. The molecule has 2 aromatic rings. The van der Waals surface area contributed by atoms with E-state index in [2.05, 4.69) is 14.9 Å². The lowest BCUT2D eigenvalue weighted by Gasteiger charge is -2.08. The standard InChI is InChI=1S/C14H16N4O2S/c1-3-4-12-8-14(17-16-12)18-21(19,20)13-6-5-11(9-15)7-10(13)2/h5-8H,3-4H2,1-2H3,(H2,16,17,18). The van der Waals surface area contributed by atoms with Gasteiger partial charge in [0.15, 0.2) is 5.82 Å². The number of nitrogens with zero attached hydrogens (tertiary/aromatic N) is 2. The molecule has 0 spiro atoms. The van der Waals surface area contributed by atoms with Crippen molar-refractivity contribution in [3.8, 4) is 6.07 Å². The molecule has 0 unspecified atom stereocenters. The van der Waals surface area contributed by atoms with E-state index in [9.17, 15) is 8.42 Å². The summed E-state index contributed by atoms with van der Waals surface area (Å²) in [6.45, 7) is 3.69. The molecular formula is C14H16N4O2S. The highest BCUT2D eigenvalue weighted by molar-refractivity contribution is 7.92. The smallest absolute Gasteiger partial charge is 0.263 e. The van der Waals surface area contributed by atoms with Gasteiger partial charge in [0, 0.05) is 11.8 Å². The second-order valence-corrected chi connectivity index (χ2v) is 6.38. The van der Waals surface area contributed by atoms with Gasteiger partial charge in [-0.2, -0.15) is 10.4 Å². The van der Waals surface area contributed by atoms with E-state index in [-0.39, 0.29) is 10.7 Å². The Morgan fingerprint density at radius 2 is 2.14 bits per heavy atom. The maximum absolute atomic E-state index is 12.3. The zero-order chi connectivity index (χ0) is 15.5. The Bertz CT molecular complexity index is 788. The number of hydrogen-bond acceptors (Lipinski definition) is 4. The second-order valence-electron chi connectivity index (χ2n) is 4.73. The third-order valence-electron chi connectivity index (χ3n) is 2.98. The lowest BCUT2D eigenvalue weighted by molar-refractivity contribution is 0.600. The Hall–Kier alpha value is -2.33. The molecule has 2 rings (SSSR count). The zero-order valence-corrected chi connectivity index (χ0v) is 12.7. The van der Waals surface area contributed by atoms with Crippen LogP contribution in [-0.4, -0.2) is 18.6 Å². The number of sulfonamides is 1. The van der Waals surface area contributed by atoms with Crippen molar-refractivity contribution in [2.24, 2.45) is 0 Å². The third kappa shape index (κ3) is 3.41. The number of anilines is 1. The van der Waals surface area contributed by atoms with Crippen LogP contribution in [-0.2, 0) is 16.4 Å². The van der Waals surface area contributed by atoms with Gasteiger partial charge < -0.3 is 0 Å². The first-order chi connectivity index (χ1) is 9.96. The molecular weight excluding hydrogens is 288 g/mol. The second kappa shape index (κ2) is 5.97. The first-order valence-corrected chi connectivity index (χ1v) is 8.02. The minimum absolute atomic E-state index is 0.140. The number of aromatic nitrogens is 2. The number of benzene rings is 1. The Morgan fingerprint density at radius 3 is 2.76 bits per heavy atom. The Morgan fingerprint density at radius 1 is 1.38 bits per heavy atom. The van der Waals surface area contributed by atoms with Crippen molar-refractivity contribution < 1.29 is 8.42 Å². The van der Waals surface area contributed by atoms with Gasteiger partial charge in [0.25, 0.3) is 10.0 Å². The van der Waals surface area contributed by atoms with Crippen LogP contribution in [0.2, 0.25) is 0 Å². The summed E-state index contributed by atoms with van der Waals surface area (Å²) in [4.78, 5) is 0.140. The largest absolute Gasteiger partial charge is 0.280 e. The van der Waals surface area contributed by atoms with E-state index >= 15 is 0 Å². The molecule has 1 aromatic heterocycles. The minimum atomic E-state index is -3.71. The zero-order valence-electron chi connectivity index (χ0n) is 11.8. The summed E-state index contributed by atoms with van der Waals surface area (Å²) in [5, 5.41) is 15.5. The molecule has 1 aromatic carbocycles. The van der Waals surface area contributed by atoms with E-state index in [1.54, 1.807) is 19.1 Å². The Labute approximate surface area is 123 Å². The predicted molar refractivity (Wildman–Crippen MR) is 79.3 cm³/mol. The van der Waals surface area contributed by atoms with Gasteiger partial charge in [-0.05, 0) is 37.1 Å². The first kappa shape index (κ1) is 15.1. The van der Waals surface area contributed by atoms with E-state index in [1.807, 2.05) is 13.0 Å². The normalized spacial score (nSPS) is 11.1. The predicted octanol–water partition coefficient (Wildman–Crippen LogP) is 2.34. The molecule has 2 N–H and O–H groups in total. The molecule has 0 bridgehead atoms. The molecule has 0 radical (unpaired) electrons. The summed E-state index contributed by atoms with van der Waals surface area (Å²) in [7, 11) is -3.71. The van der Waals surface area contributed by atoms with Gasteiger partial charge in [0.1, 0.15) is 0 Å². The number of rotatable bonds is 5. The number of aryl methyl sites for hydroxylation is 2. The summed E-state index contributed by atoms with van der Waals surface area (Å²) in [6.07, 6.45) is 1.76. The molecule has 1 heterocycles. The first-order valence-electron chi connectivity index (χ1n) is 6.54. The quantitative estimate of drug-likeness (QED) is 0.885. The molecule has 0 aliphatic rings. The minimum Gasteiger partial charge on any atom is -0.280 e. The molecule has 110 valence electrons. The van der Waals surface area contributed by atoms with E-state index in [0.717, 1.165) is 18.5 Å². The molecule has 21 heavy (non-hydrogen) atoms. The van der Waals surface area contributed by atoms with Crippen LogP contribution < -0.4 is 4.72 Å². The van der Waals surface area contributed by atoms with Crippen molar-refractivity contribution in [3.05, 3.63) is 41.1 Å². The van der Waals surface area contributed by atoms with Crippen LogP contribution in [0.1, 0.15) is 30.2 Å². The van der Waals surface area contributed by atoms with Crippen LogP contribution in [0, 0.1) is 18.3 Å². The SMILES string of the molecule is CCCc1cc(NS(=O)(=O)c2ccc(C#N)cc2C)n[nH]1. The van der Waals surface area contributed by atoms with Gasteiger partial charge in [0.05, 0.1) is 16.5 Å². The van der Waals surface area contributed by atoms with Gasteiger partial charge in [0.2, 0.25) is 0 Å². The number of nitrogens with one attached hydrogen (secondary N) is 2. The van der Waals surface area contributed by atoms with Crippen molar-refractivity contribution in [3.63, 3.8) is 0 Å². The molecule has 0 amide bonds. The van der Waals surface area contributed by atoms with E-state index in [1.165, 1.54) is 12.1 Å². The monoisotopic (exact) mass is 304 g/mol. The van der Waals surface area contributed by atoms with Crippen LogP contribution >= 0.6 is 0 Å². The van der Waals surface area contributed by atoms with Gasteiger partial charge in [-0.25, -0.2) is 8.42 Å². The summed E-state index contributed by atoms with van der Waals surface area (Å²) >= 11 is 0. The van der Waals surface area contributed by atoms with Gasteiger partial charge in [-0.3, -0.25) is 9.82 Å². The topological polar surface area (TPSA) is 98.6 Å². The van der Waals surface area contributed by atoms with Crippen LogP contribution in [0.5, 0.6) is 0 Å². The van der Waals surface area contributed by atoms with Gasteiger partial charge in [-0.15, -0.1) is 0 Å². The van der Waals surface area contributed by atoms with E-state index < -0.39 is 10.0 Å². The highest BCUT2D eigenvalue weighted by Gasteiger charge is 2.18. The summed E-state index contributed by atoms with van der Waals surface area (Å²) < 4.78 is 27.1. The number of H-pyrrole nitrogens is 1. The summed E-state index contributed by atoms with van der Waals surface area (Å²) in [6, 6.07) is 8.11. The van der Waals surface area contributed by atoms with E-state index in [0.29, 0.717) is 11.1 Å². The number of hydrogen-bond donors (Lipinski definition) is 2. The van der Waals surface area contributed by atoms with Crippen molar-refractivity contribution >= 4 is 15.8 Å². The molecule has 0 aliphatic heterocycles. The molecule has 6 nitrogen and oxygen atoms in total. The molecule has 0 aliphatic carbocycles. The van der Waals surface area contributed by atoms with Crippen molar-refractivity contribution in [1.29, 1.82) is 5.26 Å². The fourth-order valence-corrected chi connectivity index (χ4v) is 3.24. The number of aromatic amines is 1. The average molecular weight is 304 g/mol.